The molecule has 4 rings (SSSR count). The number of benzene rings is 2. The number of thioether (sulfide) groups is 1. The van der Waals surface area contributed by atoms with Crippen LogP contribution in [0.1, 0.15) is 12.1 Å². The number of rotatable bonds is 7. The largest absolute Gasteiger partial charge is 0.326 e. The number of para-hydroxylation sites is 1. The summed E-state index contributed by atoms with van der Waals surface area (Å²) in [7, 11) is 0. The molecule has 4 nitrogen and oxygen atoms in total. The summed E-state index contributed by atoms with van der Waals surface area (Å²) in [4.78, 5) is 21.2. The number of pyridine rings is 1. The third-order valence-corrected chi connectivity index (χ3v) is 6.21. The zero-order valence-corrected chi connectivity index (χ0v) is 16.8. The molecule has 6 heteroatoms. The van der Waals surface area contributed by atoms with Gasteiger partial charge in [-0.2, -0.15) is 11.8 Å². The second-order valence-electron chi connectivity index (χ2n) is 6.24. The smallest absolute Gasteiger partial charge is 0.225 e. The van der Waals surface area contributed by atoms with Crippen LogP contribution < -0.4 is 5.32 Å². The molecule has 0 atom stereocenters. The fraction of sp³-hybridized carbons (Fsp3) is 0.136. The standard InChI is InChI=1S/C22H19N3OS2/c26-21(11-13-27-15-18-7-3-4-12-23-18)24-17-8-5-6-16(14-17)22-25-19-9-1-2-10-20(19)28-22/h1-10,12,14H,11,13,15H2,(H,24,26). The zero-order chi connectivity index (χ0) is 19.2. The van der Waals surface area contributed by atoms with Gasteiger partial charge in [-0.05, 0) is 36.4 Å². The molecule has 0 spiro atoms. The molecular formula is C22H19N3OS2. The highest BCUT2D eigenvalue weighted by Crippen LogP contribution is 2.31. The van der Waals surface area contributed by atoms with Gasteiger partial charge in [-0.3, -0.25) is 9.78 Å². The van der Waals surface area contributed by atoms with Crippen LogP contribution in [0, 0.1) is 0 Å². The van der Waals surface area contributed by atoms with E-state index in [1.807, 2.05) is 60.7 Å². The molecule has 2 heterocycles. The van der Waals surface area contributed by atoms with Crippen LogP contribution in [0.4, 0.5) is 5.69 Å². The lowest BCUT2D eigenvalue weighted by atomic mass is 10.2. The van der Waals surface area contributed by atoms with E-state index in [0.29, 0.717) is 6.42 Å². The highest BCUT2D eigenvalue weighted by atomic mass is 32.2. The Labute approximate surface area is 172 Å². The van der Waals surface area contributed by atoms with Crippen LogP contribution in [0.2, 0.25) is 0 Å². The summed E-state index contributed by atoms with van der Waals surface area (Å²) >= 11 is 3.38. The van der Waals surface area contributed by atoms with Gasteiger partial charge in [0.05, 0.1) is 15.9 Å². The van der Waals surface area contributed by atoms with Crippen molar-refractivity contribution < 1.29 is 4.79 Å². The van der Waals surface area contributed by atoms with E-state index in [2.05, 4.69) is 21.4 Å². The number of hydrogen-bond acceptors (Lipinski definition) is 5. The molecule has 0 radical (unpaired) electrons. The molecule has 0 aliphatic carbocycles. The van der Waals surface area contributed by atoms with Crippen LogP contribution in [0.5, 0.6) is 0 Å². The van der Waals surface area contributed by atoms with E-state index in [9.17, 15) is 4.79 Å². The average Bonchev–Trinajstić information content (AvgIpc) is 3.17. The molecule has 2 aromatic carbocycles. The first-order valence-corrected chi connectivity index (χ1v) is 11.0. The topological polar surface area (TPSA) is 54.9 Å². The van der Waals surface area contributed by atoms with Crippen molar-refractivity contribution in [3.8, 4) is 10.6 Å². The molecule has 0 unspecified atom stereocenters. The summed E-state index contributed by atoms with van der Waals surface area (Å²) < 4.78 is 1.16. The van der Waals surface area contributed by atoms with E-state index in [4.69, 9.17) is 0 Å². The second kappa shape index (κ2) is 8.99. The number of carbonyl (C=O) groups excluding carboxylic acids is 1. The highest BCUT2D eigenvalue weighted by molar-refractivity contribution is 7.98. The lowest BCUT2D eigenvalue weighted by Gasteiger charge is -2.06. The Bertz CT molecular complexity index is 1050. The van der Waals surface area contributed by atoms with Gasteiger partial charge in [0.2, 0.25) is 5.91 Å². The lowest BCUT2D eigenvalue weighted by Crippen LogP contribution is -2.12. The summed E-state index contributed by atoms with van der Waals surface area (Å²) in [6, 6.07) is 21.9. The van der Waals surface area contributed by atoms with E-state index in [0.717, 1.165) is 43.7 Å². The number of thiazole rings is 1. The molecule has 4 aromatic rings. The minimum atomic E-state index is 0.0231. The fourth-order valence-corrected chi connectivity index (χ4v) is 4.59. The Balaban J connectivity index is 1.33. The van der Waals surface area contributed by atoms with Crippen molar-refractivity contribution >= 4 is 44.9 Å². The molecule has 1 N–H and O–H groups in total. The summed E-state index contributed by atoms with van der Waals surface area (Å²) in [6.45, 7) is 0. The summed E-state index contributed by atoms with van der Waals surface area (Å²) in [5, 5.41) is 3.95. The highest BCUT2D eigenvalue weighted by Gasteiger charge is 2.08. The minimum Gasteiger partial charge on any atom is -0.326 e. The van der Waals surface area contributed by atoms with E-state index in [1.54, 1.807) is 29.3 Å². The monoisotopic (exact) mass is 405 g/mol. The van der Waals surface area contributed by atoms with Crippen molar-refractivity contribution in [2.75, 3.05) is 11.1 Å². The van der Waals surface area contributed by atoms with E-state index in [-0.39, 0.29) is 5.91 Å². The third kappa shape index (κ3) is 4.77. The van der Waals surface area contributed by atoms with Crippen molar-refractivity contribution in [2.24, 2.45) is 0 Å². The molecule has 28 heavy (non-hydrogen) atoms. The van der Waals surface area contributed by atoms with Crippen LogP contribution in [0.3, 0.4) is 0 Å². The van der Waals surface area contributed by atoms with Crippen molar-refractivity contribution in [3.05, 3.63) is 78.6 Å². The SMILES string of the molecule is O=C(CCSCc1ccccn1)Nc1cccc(-c2nc3ccccc3s2)c1. The molecule has 0 saturated heterocycles. The Morgan fingerprint density at radius 3 is 2.79 bits per heavy atom. The molecular weight excluding hydrogens is 386 g/mol. The number of carbonyl (C=O) groups is 1. The van der Waals surface area contributed by atoms with Gasteiger partial charge in [0.15, 0.2) is 0 Å². The minimum absolute atomic E-state index is 0.0231. The van der Waals surface area contributed by atoms with E-state index < -0.39 is 0 Å². The number of amides is 1. The van der Waals surface area contributed by atoms with Crippen molar-refractivity contribution in [3.63, 3.8) is 0 Å². The Kier molecular flexibility index (Phi) is 5.99. The van der Waals surface area contributed by atoms with Gasteiger partial charge in [0.25, 0.3) is 0 Å². The number of anilines is 1. The predicted molar refractivity (Wildman–Crippen MR) is 119 cm³/mol. The van der Waals surface area contributed by atoms with Crippen LogP contribution >= 0.6 is 23.1 Å². The molecule has 0 aliphatic rings. The number of nitrogens with zero attached hydrogens (tertiary/aromatic N) is 2. The van der Waals surface area contributed by atoms with Crippen LogP contribution in [-0.4, -0.2) is 21.6 Å². The summed E-state index contributed by atoms with van der Waals surface area (Å²) in [5.41, 5.74) is 3.86. The maximum atomic E-state index is 12.3. The molecule has 2 aromatic heterocycles. The third-order valence-electron chi connectivity index (χ3n) is 4.14. The molecule has 1 amide bonds. The number of fused-ring (bicyclic) bond motifs is 1. The quantitative estimate of drug-likeness (QED) is 0.405. The van der Waals surface area contributed by atoms with Crippen molar-refractivity contribution in [1.29, 1.82) is 0 Å². The molecule has 0 saturated carbocycles. The van der Waals surface area contributed by atoms with Gasteiger partial charge in [0, 0.05) is 35.4 Å². The van der Waals surface area contributed by atoms with E-state index >= 15 is 0 Å². The molecule has 0 bridgehead atoms. The molecule has 0 aliphatic heterocycles. The van der Waals surface area contributed by atoms with Gasteiger partial charge < -0.3 is 5.32 Å². The van der Waals surface area contributed by atoms with Gasteiger partial charge in [-0.25, -0.2) is 4.98 Å². The van der Waals surface area contributed by atoms with Gasteiger partial charge in [0.1, 0.15) is 5.01 Å². The maximum absolute atomic E-state index is 12.3. The second-order valence-corrected chi connectivity index (χ2v) is 8.38. The normalized spacial score (nSPS) is 10.9. The first kappa shape index (κ1) is 18.7. The Morgan fingerprint density at radius 2 is 1.93 bits per heavy atom. The van der Waals surface area contributed by atoms with Crippen LogP contribution in [0.25, 0.3) is 20.8 Å². The first-order chi connectivity index (χ1) is 13.8. The van der Waals surface area contributed by atoms with Crippen LogP contribution in [-0.2, 0) is 10.5 Å². The Morgan fingerprint density at radius 1 is 1.04 bits per heavy atom. The average molecular weight is 406 g/mol. The fourth-order valence-electron chi connectivity index (χ4n) is 2.77. The number of hydrogen-bond donors (Lipinski definition) is 1. The van der Waals surface area contributed by atoms with Crippen molar-refractivity contribution in [2.45, 2.75) is 12.2 Å². The van der Waals surface area contributed by atoms with E-state index in [1.165, 1.54) is 0 Å². The predicted octanol–water partition coefficient (Wildman–Crippen LogP) is 5.62. The number of nitrogens with one attached hydrogen (secondary N) is 1. The van der Waals surface area contributed by atoms with Gasteiger partial charge in [-0.15, -0.1) is 11.3 Å². The van der Waals surface area contributed by atoms with Crippen molar-refractivity contribution in [1.82, 2.24) is 9.97 Å². The first-order valence-electron chi connectivity index (χ1n) is 9.01. The van der Waals surface area contributed by atoms with Gasteiger partial charge in [-0.1, -0.05) is 30.3 Å². The summed E-state index contributed by atoms with van der Waals surface area (Å²) in [5.74, 6) is 1.61. The van der Waals surface area contributed by atoms with Crippen LogP contribution in [0.15, 0.2) is 72.9 Å². The maximum Gasteiger partial charge on any atom is 0.225 e. The summed E-state index contributed by atoms with van der Waals surface area (Å²) in [6.07, 6.45) is 2.27. The van der Waals surface area contributed by atoms with Gasteiger partial charge >= 0.3 is 0 Å². The molecule has 0 fully saturated rings. The molecule has 140 valence electrons. The lowest BCUT2D eigenvalue weighted by molar-refractivity contribution is -0.115. The zero-order valence-electron chi connectivity index (χ0n) is 15.2. The number of aromatic nitrogens is 2. The Hall–Kier alpha value is -2.70.